The summed E-state index contributed by atoms with van der Waals surface area (Å²) >= 11 is 0. The Balaban J connectivity index is 1.90. The number of hydrogen-bond donors (Lipinski definition) is 2. The van der Waals surface area contributed by atoms with Gasteiger partial charge in [-0.05, 0) is 13.8 Å². The molecule has 1 saturated heterocycles. The Morgan fingerprint density at radius 3 is 2.74 bits per heavy atom. The van der Waals surface area contributed by atoms with Gasteiger partial charge in [0.2, 0.25) is 5.91 Å². The fourth-order valence-electron chi connectivity index (χ4n) is 2.29. The Labute approximate surface area is 113 Å². The van der Waals surface area contributed by atoms with Gasteiger partial charge in [0.05, 0.1) is 12.6 Å². The number of piperazine rings is 1. The molecule has 1 aromatic rings. The monoisotopic (exact) mass is 266 g/mol. The Morgan fingerprint density at radius 2 is 2.16 bits per heavy atom. The highest BCUT2D eigenvalue weighted by Gasteiger charge is 2.25. The zero-order valence-corrected chi connectivity index (χ0v) is 11.8. The van der Waals surface area contributed by atoms with Gasteiger partial charge in [0.1, 0.15) is 5.82 Å². The second kappa shape index (κ2) is 6.12. The second-order valence-electron chi connectivity index (χ2n) is 4.99. The smallest absolute Gasteiger partial charge is 0.239 e. The van der Waals surface area contributed by atoms with Crippen LogP contribution >= 0.6 is 0 Å². The number of hydrogen-bond acceptors (Lipinski definition) is 5. The maximum Gasteiger partial charge on any atom is 0.239 e. The minimum Gasteiger partial charge on any atom is -0.337 e. The van der Waals surface area contributed by atoms with Gasteiger partial charge in [-0.3, -0.25) is 14.8 Å². The predicted molar refractivity (Wildman–Crippen MR) is 71.5 cm³/mol. The largest absolute Gasteiger partial charge is 0.337 e. The summed E-state index contributed by atoms with van der Waals surface area (Å²) < 4.78 is 0. The number of nitrogens with one attached hydrogen (secondary N) is 2. The number of aromatic nitrogens is 3. The summed E-state index contributed by atoms with van der Waals surface area (Å²) in [6.45, 7) is 7.98. The summed E-state index contributed by atoms with van der Waals surface area (Å²) in [6, 6.07) is -0.0906. The fourth-order valence-corrected chi connectivity index (χ4v) is 2.29. The average Bonchev–Trinajstić information content (AvgIpc) is 2.83. The number of carbonyl (C=O) groups excluding carboxylic acids is 1. The molecule has 1 amide bonds. The van der Waals surface area contributed by atoms with Crippen molar-refractivity contribution < 1.29 is 4.79 Å². The number of rotatable bonds is 4. The summed E-state index contributed by atoms with van der Waals surface area (Å²) in [5.74, 6) is 1.54. The number of carbonyl (C=O) groups is 1. The van der Waals surface area contributed by atoms with Crippen molar-refractivity contribution in [2.24, 2.45) is 0 Å². The minimum absolute atomic E-state index is 0.0906. The van der Waals surface area contributed by atoms with E-state index >= 15 is 0 Å². The molecule has 0 aliphatic carbocycles. The van der Waals surface area contributed by atoms with Crippen molar-refractivity contribution in [2.45, 2.75) is 26.4 Å². The van der Waals surface area contributed by atoms with E-state index in [-0.39, 0.29) is 11.9 Å². The van der Waals surface area contributed by atoms with E-state index < -0.39 is 0 Å². The molecule has 106 valence electrons. The molecular weight excluding hydrogens is 244 g/mol. The lowest BCUT2D eigenvalue weighted by Crippen LogP contribution is -2.52. The van der Waals surface area contributed by atoms with E-state index in [2.05, 4.69) is 25.4 Å². The summed E-state index contributed by atoms with van der Waals surface area (Å²) in [6.07, 6.45) is 0. The van der Waals surface area contributed by atoms with E-state index in [1.54, 1.807) is 11.9 Å². The van der Waals surface area contributed by atoms with Crippen LogP contribution in [0.2, 0.25) is 0 Å². The van der Waals surface area contributed by atoms with Crippen LogP contribution in [0.15, 0.2) is 0 Å². The highest BCUT2D eigenvalue weighted by Crippen LogP contribution is 2.06. The third kappa shape index (κ3) is 3.51. The quantitative estimate of drug-likeness (QED) is 0.758. The predicted octanol–water partition coefficient (Wildman–Crippen LogP) is -0.635. The van der Waals surface area contributed by atoms with Gasteiger partial charge in [-0.1, -0.05) is 0 Å². The molecule has 1 fully saturated rings. The lowest BCUT2D eigenvalue weighted by Gasteiger charge is -2.33. The Hall–Kier alpha value is -1.47. The van der Waals surface area contributed by atoms with E-state index in [1.165, 1.54) is 0 Å². The molecule has 0 aromatic carbocycles. The van der Waals surface area contributed by atoms with Crippen molar-refractivity contribution in [3.8, 4) is 0 Å². The third-order valence-corrected chi connectivity index (χ3v) is 3.46. The SMILES string of the molecule is Cc1nc(CN(C)C(=O)C(C)N2CCNCC2)n[nH]1. The van der Waals surface area contributed by atoms with E-state index in [9.17, 15) is 4.79 Å². The van der Waals surface area contributed by atoms with Crippen LogP contribution in [0, 0.1) is 6.92 Å². The zero-order chi connectivity index (χ0) is 13.8. The van der Waals surface area contributed by atoms with Gasteiger partial charge in [-0.15, -0.1) is 0 Å². The fraction of sp³-hybridized carbons (Fsp3) is 0.750. The lowest BCUT2D eigenvalue weighted by molar-refractivity contribution is -0.136. The maximum atomic E-state index is 12.4. The maximum absolute atomic E-state index is 12.4. The molecule has 0 saturated carbocycles. The van der Waals surface area contributed by atoms with E-state index in [0.717, 1.165) is 32.0 Å². The molecule has 7 heteroatoms. The normalized spacial score (nSPS) is 18.3. The number of H-pyrrole nitrogens is 1. The molecule has 0 bridgehead atoms. The Kier molecular flexibility index (Phi) is 4.49. The topological polar surface area (TPSA) is 77.2 Å². The standard InChI is InChI=1S/C12H22N6O/c1-9(18-6-4-13-5-7-18)12(19)17(3)8-11-14-10(2)15-16-11/h9,13H,4-8H2,1-3H3,(H,14,15,16). The van der Waals surface area contributed by atoms with Crippen LogP contribution in [0.25, 0.3) is 0 Å². The molecule has 0 radical (unpaired) electrons. The second-order valence-corrected chi connectivity index (χ2v) is 4.99. The number of aryl methyl sites for hydroxylation is 1. The van der Waals surface area contributed by atoms with Gasteiger partial charge in [0, 0.05) is 33.2 Å². The number of likely N-dealkylation sites (N-methyl/N-ethyl adjacent to an activating group) is 1. The van der Waals surface area contributed by atoms with Gasteiger partial charge in [-0.2, -0.15) is 5.10 Å². The van der Waals surface area contributed by atoms with Crippen molar-refractivity contribution in [3.63, 3.8) is 0 Å². The highest BCUT2D eigenvalue weighted by atomic mass is 16.2. The van der Waals surface area contributed by atoms with Gasteiger partial charge in [-0.25, -0.2) is 4.98 Å². The summed E-state index contributed by atoms with van der Waals surface area (Å²) in [5, 5.41) is 10.1. The van der Waals surface area contributed by atoms with Crippen molar-refractivity contribution in [2.75, 3.05) is 33.2 Å². The van der Waals surface area contributed by atoms with Gasteiger partial charge in [0.25, 0.3) is 0 Å². The molecule has 1 aromatic heterocycles. The lowest BCUT2D eigenvalue weighted by atomic mass is 10.2. The van der Waals surface area contributed by atoms with Crippen molar-refractivity contribution >= 4 is 5.91 Å². The summed E-state index contributed by atoms with van der Waals surface area (Å²) in [4.78, 5) is 20.5. The average molecular weight is 266 g/mol. The van der Waals surface area contributed by atoms with Crippen molar-refractivity contribution in [3.05, 3.63) is 11.6 Å². The van der Waals surface area contributed by atoms with E-state index in [4.69, 9.17) is 0 Å². The van der Waals surface area contributed by atoms with Crippen molar-refractivity contribution in [1.29, 1.82) is 0 Å². The summed E-state index contributed by atoms with van der Waals surface area (Å²) in [5.41, 5.74) is 0. The molecule has 7 nitrogen and oxygen atoms in total. The van der Waals surface area contributed by atoms with E-state index in [0.29, 0.717) is 12.4 Å². The molecule has 0 spiro atoms. The van der Waals surface area contributed by atoms with E-state index in [1.807, 2.05) is 13.8 Å². The molecule has 19 heavy (non-hydrogen) atoms. The Morgan fingerprint density at radius 1 is 1.47 bits per heavy atom. The molecule has 1 unspecified atom stereocenters. The van der Waals surface area contributed by atoms with Gasteiger partial charge >= 0.3 is 0 Å². The number of aromatic amines is 1. The van der Waals surface area contributed by atoms with Crippen LogP contribution in [0.5, 0.6) is 0 Å². The molecule has 1 aliphatic rings. The van der Waals surface area contributed by atoms with Crippen LogP contribution in [-0.2, 0) is 11.3 Å². The van der Waals surface area contributed by atoms with Crippen molar-refractivity contribution in [1.82, 2.24) is 30.3 Å². The van der Waals surface area contributed by atoms with Crippen LogP contribution in [-0.4, -0.2) is 70.2 Å². The first-order chi connectivity index (χ1) is 9.08. The number of nitrogens with zero attached hydrogens (tertiary/aromatic N) is 4. The first kappa shape index (κ1) is 14.0. The minimum atomic E-state index is -0.0906. The van der Waals surface area contributed by atoms with Gasteiger partial charge < -0.3 is 10.2 Å². The molecule has 2 N–H and O–H groups in total. The summed E-state index contributed by atoms with van der Waals surface area (Å²) in [7, 11) is 1.80. The molecule has 2 rings (SSSR count). The number of amides is 1. The van der Waals surface area contributed by atoms with Crippen LogP contribution < -0.4 is 5.32 Å². The first-order valence-corrected chi connectivity index (χ1v) is 6.65. The zero-order valence-electron chi connectivity index (χ0n) is 11.8. The van der Waals surface area contributed by atoms with Crippen LogP contribution in [0.1, 0.15) is 18.6 Å². The molecule has 1 atom stereocenters. The molecule has 1 aliphatic heterocycles. The van der Waals surface area contributed by atoms with Crippen LogP contribution in [0.3, 0.4) is 0 Å². The highest BCUT2D eigenvalue weighted by molar-refractivity contribution is 5.81. The first-order valence-electron chi connectivity index (χ1n) is 6.65. The molecule has 2 heterocycles. The third-order valence-electron chi connectivity index (χ3n) is 3.46. The Bertz CT molecular complexity index is 426. The molecular formula is C12H22N6O. The van der Waals surface area contributed by atoms with Gasteiger partial charge in [0.15, 0.2) is 5.82 Å². The van der Waals surface area contributed by atoms with Crippen LogP contribution in [0.4, 0.5) is 0 Å².